The van der Waals surface area contributed by atoms with Gasteiger partial charge in [0.1, 0.15) is 5.01 Å². The van der Waals surface area contributed by atoms with E-state index in [1.54, 1.807) is 36.4 Å². The van der Waals surface area contributed by atoms with Gasteiger partial charge in [-0.25, -0.2) is 0 Å². The first kappa shape index (κ1) is 19.4. The highest BCUT2D eigenvalue weighted by atomic mass is 35.5. The smallest absolute Gasteiger partial charge is 0.257 e. The lowest BCUT2D eigenvalue weighted by atomic mass is 10.1. The number of carbonyl (C=O) groups excluding carboxylic acids is 1. The van der Waals surface area contributed by atoms with Crippen molar-refractivity contribution in [2.24, 2.45) is 0 Å². The SMILES string of the molecule is COc1ccc(C(=O)Nc2nnc(Cc3c(Cl)cccc3Cl)s2)cc1OC. The van der Waals surface area contributed by atoms with Crippen LogP contribution in [0.1, 0.15) is 20.9 Å². The Bertz CT molecular complexity index is 958. The predicted molar refractivity (Wildman–Crippen MR) is 107 cm³/mol. The number of hydrogen-bond donors (Lipinski definition) is 1. The van der Waals surface area contributed by atoms with E-state index in [4.69, 9.17) is 32.7 Å². The number of hydrogen-bond acceptors (Lipinski definition) is 6. The van der Waals surface area contributed by atoms with Crippen molar-refractivity contribution >= 4 is 45.6 Å². The number of halogens is 2. The highest BCUT2D eigenvalue weighted by Crippen LogP contribution is 2.30. The minimum absolute atomic E-state index is 0.325. The third-order valence-electron chi connectivity index (χ3n) is 3.72. The van der Waals surface area contributed by atoms with E-state index in [1.807, 2.05) is 0 Å². The van der Waals surface area contributed by atoms with Gasteiger partial charge in [0.15, 0.2) is 11.5 Å². The molecule has 0 atom stereocenters. The average Bonchev–Trinajstić information content (AvgIpc) is 3.11. The number of anilines is 1. The number of methoxy groups -OCH3 is 2. The molecule has 0 spiro atoms. The lowest BCUT2D eigenvalue weighted by molar-refractivity contribution is 0.102. The van der Waals surface area contributed by atoms with Gasteiger partial charge in [0.05, 0.1) is 14.2 Å². The Kier molecular flexibility index (Phi) is 6.15. The quantitative estimate of drug-likeness (QED) is 0.621. The summed E-state index contributed by atoms with van der Waals surface area (Å²) in [5, 5.41) is 13.0. The third-order valence-corrected chi connectivity index (χ3v) is 5.27. The maximum Gasteiger partial charge on any atom is 0.257 e. The second-order valence-electron chi connectivity index (χ2n) is 5.40. The fraction of sp³-hybridized carbons (Fsp3) is 0.167. The molecule has 0 fully saturated rings. The van der Waals surface area contributed by atoms with Crippen molar-refractivity contribution in [1.82, 2.24) is 10.2 Å². The standard InChI is InChI=1S/C18H15Cl2N3O3S/c1-25-14-7-6-10(8-15(14)26-2)17(24)21-18-23-22-16(27-18)9-11-12(19)4-3-5-13(11)20/h3-8H,9H2,1-2H3,(H,21,23,24). The zero-order valence-corrected chi connectivity index (χ0v) is 16.8. The fourth-order valence-electron chi connectivity index (χ4n) is 2.37. The second-order valence-corrected chi connectivity index (χ2v) is 7.28. The molecule has 1 aromatic heterocycles. The van der Waals surface area contributed by atoms with E-state index in [2.05, 4.69) is 15.5 Å². The summed E-state index contributed by atoms with van der Waals surface area (Å²) in [4.78, 5) is 12.4. The number of nitrogens with zero attached hydrogens (tertiary/aromatic N) is 2. The molecule has 1 N–H and O–H groups in total. The first-order valence-electron chi connectivity index (χ1n) is 7.80. The van der Waals surface area contributed by atoms with Crippen LogP contribution in [-0.2, 0) is 6.42 Å². The summed E-state index contributed by atoms with van der Waals surface area (Å²) in [6.07, 6.45) is 0.433. The summed E-state index contributed by atoms with van der Waals surface area (Å²) in [7, 11) is 3.04. The molecule has 9 heteroatoms. The van der Waals surface area contributed by atoms with Crippen molar-refractivity contribution in [3.63, 3.8) is 0 Å². The molecule has 3 aromatic rings. The van der Waals surface area contributed by atoms with Gasteiger partial charge in [0.25, 0.3) is 5.91 Å². The molecule has 2 aromatic carbocycles. The Labute approximate surface area is 170 Å². The highest BCUT2D eigenvalue weighted by molar-refractivity contribution is 7.15. The summed E-state index contributed by atoms with van der Waals surface area (Å²) in [6, 6.07) is 10.2. The lowest BCUT2D eigenvalue weighted by Gasteiger charge is -2.09. The van der Waals surface area contributed by atoms with Crippen LogP contribution in [0.25, 0.3) is 0 Å². The van der Waals surface area contributed by atoms with E-state index >= 15 is 0 Å². The van der Waals surface area contributed by atoms with Crippen LogP contribution in [-0.4, -0.2) is 30.3 Å². The summed E-state index contributed by atoms with van der Waals surface area (Å²) in [5.74, 6) is 0.690. The molecule has 0 bridgehead atoms. The Hall–Kier alpha value is -2.35. The van der Waals surface area contributed by atoms with E-state index in [1.165, 1.54) is 25.6 Å². The molecule has 6 nitrogen and oxygen atoms in total. The zero-order valence-electron chi connectivity index (χ0n) is 14.5. The second kappa shape index (κ2) is 8.56. The number of rotatable bonds is 6. The summed E-state index contributed by atoms with van der Waals surface area (Å²) >= 11 is 13.6. The maximum absolute atomic E-state index is 12.4. The first-order valence-corrected chi connectivity index (χ1v) is 9.37. The van der Waals surface area contributed by atoms with Crippen molar-refractivity contribution in [2.45, 2.75) is 6.42 Å². The summed E-state index contributed by atoms with van der Waals surface area (Å²) in [6.45, 7) is 0. The van der Waals surface area contributed by atoms with E-state index < -0.39 is 0 Å². The Morgan fingerprint density at radius 3 is 2.44 bits per heavy atom. The fourth-order valence-corrected chi connectivity index (χ4v) is 3.65. The van der Waals surface area contributed by atoms with E-state index in [0.29, 0.717) is 43.7 Å². The van der Waals surface area contributed by atoms with Gasteiger partial charge < -0.3 is 9.47 Å². The molecule has 0 aliphatic carbocycles. The monoisotopic (exact) mass is 423 g/mol. The van der Waals surface area contributed by atoms with E-state index in [-0.39, 0.29) is 5.91 Å². The molecule has 1 heterocycles. The molecule has 1 amide bonds. The van der Waals surface area contributed by atoms with Crippen molar-refractivity contribution in [3.8, 4) is 11.5 Å². The molecular formula is C18H15Cl2N3O3S. The van der Waals surface area contributed by atoms with Gasteiger partial charge in [0, 0.05) is 22.0 Å². The van der Waals surface area contributed by atoms with Crippen molar-refractivity contribution in [3.05, 3.63) is 62.6 Å². The molecular weight excluding hydrogens is 409 g/mol. The average molecular weight is 424 g/mol. The molecule has 0 saturated heterocycles. The third kappa shape index (κ3) is 4.50. The normalized spacial score (nSPS) is 10.5. The topological polar surface area (TPSA) is 73.3 Å². The van der Waals surface area contributed by atoms with Crippen LogP contribution < -0.4 is 14.8 Å². The summed E-state index contributed by atoms with van der Waals surface area (Å²) in [5.41, 5.74) is 1.19. The molecule has 140 valence electrons. The van der Waals surface area contributed by atoms with Crippen LogP contribution in [0.5, 0.6) is 11.5 Å². The number of ether oxygens (including phenoxy) is 2. The van der Waals surface area contributed by atoms with Crippen molar-refractivity contribution in [1.29, 1.82) is 0 Å². The van der Waals surface area contributed by atoms with Crippen LogP contribution in [0.3, 0.4) is 0 Å². The van der Waals surface area contributed by atoms with Gasteiger partial charge >= 0.3 is 0 Å². The molecule has 0 radical (unpaired) electrons. The lowest BCUT2D eigenvalue weighted by Crippen LogP contribution is -2.11. The van der Waals surface area contributed by atoms with Gasteiger partial charge in [-0.05, 0) is 35.9 Å². The van der Waals surface area contributed by atoms with Crippen LogP contribution in [0.2, 0.25) is 10.0 Å². The van der Waals surface area contributed by atoms with Gasteiger partial charge in [0.2, 0.25) is 5.13 Å². The van der Waals surface area contributed by atoms with E-state index in [9.17, 15) is 4.79 Å². The van der Waals surface area contributed by atoms with Gasteiger partial charge in [-0.15, -0.1) is 10.2 Å². The number of aromatic nitrogens is 2. The highest BCUT2D eigenvalue weighted by Gasteiger charge is 2.15. The summed E-state index contributed by atoms with van der Waals surface area (Å²) < 4.78 is 10.4. The molecule has 0 saturated carbocycles. The minimum atomic E-state index is -0.325. The molecule has 0 unspecified atom stereocenters. The van der Waals surface area contributed by atoms with Crippen molar-refractivity contribution in [2.75, 3.05) is 19.5 Å². The largest absolute Gasteiger partial charge is 0.493 e. The van der Waals surface area contributed by atoms with E-state index in [0.717, 1.165) is 5.56 Å². The predicted octanol–water partition coefficient (Wildman–Crippen LogP) is 4.71. The van der Waals surface area contributed by atoms with Gasteiger partial charge in [-0.3, -0.25) is 10.1 Å². The van der Waals surface area contributed by atoms with Gasteiger partial charge in [-0.2, -0.15) is 0 Å². The zero-order chi connectivity index (χ0) is 19.4. The van der Waals surface area contributed by atoms with Crippen LogP contribution >= 0.6 is 34.5 Å². The van der Waals surface area contributed by atoms with Crippen LogP contribution in [0.15, 0.2) is 36.4 Å². The van der Waals surface area contributed by atoms with Crippen LogP contribution in [0.4, 0.5) is 5.13 Å². The molecule has 0 aliphatic rings. The van der Waals surface area contributed by atoms with Gasteiger partial charge in [-0.1, -0.05) is 40.6 Å². The van der Waals surface area contributed by atoms with Crippen LogP contribution in [0, 0.1) is 0 Å². The molecule has 27 heavy (non-hydrogen) atoms. The molecule has 3 rings (SSSR count). The first-order chi connectivity index (χ1) is 13.0. The Balaban J connectivity index is 1.73. The Morgan fingerprint density at radius 2 is 1.78 bits per heavy atom. The minimum Gasteiger partial charge on any atom is -0.493 e. The number of benzene rings is 2. The molecule has 0 aliphatic heterocycles. The number of nitrogens with one attached hydrogen (secondary N) is 1. The number of carbonyl (C=O) groups is 1. The maximum atomic E-state index is 12.4. The number of amides is 1. The van der Waals surface area contributed by atoms with Crippen molar-refractivity contribution < 1.29 is 14.3 Å². The Morgan fingerprint density at radius 1 is 1.07 bits per heavy atom.